The summed E-state index contributed by atoms with van der Waals surface area (Å²) in [4.78, 5) is 31.5. The Bertz CT molecular complexity index is 1730. The maximum atomic E-state index is 13.8. The van der Waals surface area contributed by atoms with Crippen molar-refractivity contribution in [2.75, 3.05) is 24.5 Å². The van der Waals surface area contributed by atoms with E-state index in [1.54, 1.807) is 29.8 Å². The summed E-state index contributed by atoms with van der Waals surface area (Å²) >= 11 is 1.34. The van der Waals surface area contributed by atoms with Crippen molar-refractivity contribution < 1.29 is 33.0 Å². The number of rotatable bonds is 12. The van der Waals surface area contributed by atoms with E-state index in [9.17, 15) is 28.2 Å². The third-order valence-electron chi connectivity index (χ3n) is 7.27. The van der Waals surface area contributed by atoms with Crippen molar-refractivity contribution in [1.29, 1.82) is 0 Å². The van der Waals surface area contributed by atoms with Crippen LogP contribution in [0.3, 0.4) is 0 Å². The monoisotopic (exact) mass is 638 g/mol. The maximum absolute atomic E-state index is 13.8. The topological polar surface area (TPSA) is 149 Å². The van der Waals surface area contributed by atoms with Crippen molar-refractivity contribution in [3.05, 3.63) is 83.9 Å². The molecular formula is C31H34N4O7S2. The average Bonchev–Trinajstić information content (AvgIpc) is 3.63. The molecule has 1 aromatic heterocycles. The number of thiazole rings is 1. The fraction of sp³-hybridized carbons (Fsp3) is 0.323. The van der Waals surface area contributed by atoms with E-state index in [1.165, 1.54) is 38.7 Å². The number of aliphatic hydroxyl groups excluding tert-OH is 1. The van der Waals surface area contributed by atoms with Gasteiger partial charge in [-0.05, 0) is 48.2 Å². The number of amides is 2. The first kappa shape index (κ1) is 31.4. The van der Waals surface area contributed by atoms with Crippen LogP contribution in [-0.2, 0) is 26.0 Å². The molecule has 3 aromatic carbocycles. The van der Waals surface area contributed by atoms with E-state index in [1.807, 2.05) is 44.2 Å². The van der Waals surface area contributed by atoms with Crippen LogP contribution in [0.2, 0.25) is 0 Å². The molecule has 11 nitrogen and oxygen atoms in total. The Morgan fingerprint density at radius 1 is 1.11 bits per heavy atom. The summed E-state index contributed by atoms with van der Waals surface area (Å²) in [5.74, 6) is -0.835. The number of aromatic nitrogens is 1. The summed E-state index contributed by atoms with van der Waals surface area (Å²) in [6.45, 7) is 3.48. The van der Waals surface area contributed by atoms with Crippen LogP contribution in [0.15, 0.2) is 83.2 Å². The Morgan fingerprint density at radius 2 is 1.84 bits per heavy atom. The van der Waals surface area contributed by atoms with Gasteiger partial charge in [0.1, 0.15) is 5.75 Å². The summed E-state index contributed by atoms with van der Waals surface area (Å²) in [5, 5.41) is 24.5. The first-order valence-corrected chi connectivity index (χ1v) is 16.5. The van der Waals surface area contributed by atoms with Crippen molar-refractivity contribution >= 4 is 49.3 Å². The van der Waals surface area contributed by atoms with E-state index in [4.69, 9.17) is 4.74 Å². The zero-order valence-corrected chi connectivity index (χ0v) is 25.9. The number of carbonyl (C=O) groups excluding carboxylic acids is 2. The van der Waals surface area contributed by atoms with E-state index in [-0.39, 0.29) is 48.3 Å². The van der Waals surface area contributed by atoms with Crippen molar-refractivity contribution in [2.24, 2.45) is 5.92 Å². The number of fused-ring (bicyclic) bond motifs is 1. The Morgan fingerprint density at radius 3 is 2.57 bits per heavy atom. The number of aromatic hydroxyl groups is 1. The number of nitrogens with zero attached hydrogens (tertiary/aromatic N) is 3. The zero-order valence-electron chi connectivity index (χ0n) is 24.2. The van der Waals surface area contributed by atoms with Gasteiger partial charge in [0.15, 0.2) is 6.10 Å². The van der Waals surface area contributed by atoms with Gasteiger partial charge in [-0.15, -0.1) is 11.3 Å². The van der Waals surface area contributed by atoms with Crippen LogP contribution >= 0.6 is 11.3 Å². The molecule has 0 saturated carbocycles. The number of benzene rings is 3. The van der Waals surface area contributed by atoms with Crippen molar-refractivity contribution in [3.63, 3.8) is 0 Å². The van der Waals surface area contributed by atoms with Gasteiger partial charge < -0.3 is 20.3 Å². The van der Waals surface area contributed by atoms with Gasteiger partial charge >= 0.3 is 6.09 Å². The second kappa shape index (κ2) is 13.3. The summed E-state index contributed by atoms with van der Waals surface area (Å²) < 4.78 is 35.0. The highest BCUT2D eigenvalue weighted by molar-refractivity contribution is 7.89. The van der Waals surface area contributed by atoms with Crippen LogP contribution < -0.4 is 10.2 Å². The first-order chi connectivity index (χ1) is 21.0. The molecule has 4 aromatic rings. The number of aliphatic hydroxyl groups is 1. The Hall–Kier alpha value is -4.04. The number of phenols is 1. The Balaban J connectivity index is 1.37. The number of anilines is 1. The third kappa shape index (κ3) is 7.02. The van der Waals surface area contributed by atoms with Crippen LogP contribution in [0.25, 0.3) is 10.2 Å². The Labute approximate surface area is 259 Å². The number of phenolic OH excluding ortho intramolecular Hbond substituents is 1. The summed E-state index contributed by atoms with van der Waals surface area (Å²) in [5.41, 5.74) is 3.37. The van der Waals surface area contributed by atoms with Crippen molar-refractivity contribution in [3.8, 4) is 5.75 Å². The minimum atomic E-state index is -4.02. The van der Waals surface area contributed by atoms with Gasteiger partial charge in [0.2, 0.25) is 10.0 Å². The van der Waals surface area contributed by atoms with Gasteiger partial charge in [0.05, 0.1) is 45.0 Å². The van der Waals surface area contributed by atoms with Crippen molar-refractivity contribution in [1.82, 2.24) is 14.6 Å². The molecule has 0 radical (unpaired) electrons. The highest BCUT2D eigenvalue weighted by Crippen LogP contribution is 2.30. The van der Waals surface area contributed by atoms with Crippen LogP contribution in [0.1, 0.15) is 19.4 Å². The first-order valence-electron chi connectivity index (χ1n) is 14.1. The second-order valence-corrected chi connectivity index (χ2v) is 13.9. The van der Waals surface area contributed by atoms with E-state index in [0.29, 0.717) is 5.52 Å². The number of hydrogen-bond acceptors (Lipinski definition) is 9. The van der Waals surface area contributed by atoms with Crippen LogP contribution in [0, 0.1) is 5.92 Å². The van der Waals surface area contributed by atoms with E-state index >= 15 is 0 Å². The van der Waals surface area contributed by atoms with Gasteiger partial charge in [-0.2, -0.15) is 4.31 Å². The van der Waals surface area contributed by atoms with Crippen LogP contribution in [-0.4, -0.2) is 77.8 Å². The lowest BCUT2D eigenvalue weighted by atomic mass is 10.0. The van der Waals surface area contributed by atoms with Gasteiger partial charge in [-0.1, -0.05) is 56.3 Å². The molecule has 232 valence electrons. The molecule has 0 bridgehead atoms. The fourth-order valence-corrected chi connectivity index (χ4v) is 7.51. The number of nitrogens with one attached hydrogen (secondary N) is 1. The molecule has 13 heteroatoms. The van der Waals surface area contributed by atoms with Crippen LogP contribution in [0.4, 0.5) is 10.5 Å². The number of cyclic esters (lactones) is 1. The molecule has 5 rings (SSSR count). The summed E-state index contributed by atoms with van der Waals surface area (Å²) in [6.07, 6.45) is -3.13. The molecule has 0 spiro atoms. The van der Waals surface area contributed by atoms with E-state index in [0.717, 1.165) is 10.3 Å². The predicted molar refractivity (Wildman–Crippen MR) is 167 cm³/mol. The van der Waals surface area contributed by atoms with Gasteiger partial charge in [0.25, 0.3) is 5.91 Å². The van der Waals surface area contributed by atoms with Gasteiger partial charge in [-0.3, -0.25) is 9.69 Å². The smallest absolute Gasteiger partial charge is 0.415 e. The molecule has 1 aliphatic rings. The van der Waals surface area contributed by atoms with Gasteiger partial charge in [-0.25, -0.2) is 18.2 Å². The summed E-state index contributed by atoms with van der Waals surface area (Å²) in [6, 6.07) is 19.2. The fourth-order valence-electron chi connectivity index (χ4n) is 5.07. The molecule has 44 heavy (non-hydrogen) atoms. The van der Waals surface area contributed by atoms with Gasteiger partial charge in [0, 0.05) is 13.1 Å². The minimum Gasteiger partial charge on any atom is -0.506 e. The molecular weight excluding hydrogens is 604 g/mol. The molecule has 1 aliphatic heterocycles. The number of para-hydroxylation sites is 2. The number of sulfonamides is 1. The molecule has 2 amide bonds. The quantitative estimate of drug-likeness (QED) is 0.212. The molecule has 2 heterocycles. The molecule has 0 unspecified atom stereocenters. The SMILES string of the molecule is CC(C)CN(C[C@@H](O)[C@H](Cc1ccccc1)NC(=O)[C@@H]1CN(c2ccccc2O)C(=O)O1)S(=O)(=O)c1ccc2ncsc2c1. The Kier molecular flexibility index (Phi) is 9.49. The lowest BCUT2D eigenvalue weighted by Crippen LogP contribution is -2.53. The molecule has 3 atom stereocenters. The molecule has 0 aliphatic carbocycles. The van der Waals surface area contributed by atoms with Crippen molar-refractivity contribution in [2.45, 2.75) is 43.4 Å². The number of hydrogen-bond donors (Lipinski definition) is 3. The lowest BCUT2D eigenvalue weighted by Gasteiger charge is -2.31. The maximum Gasteiger partial charge on any atom is 0.415 e. The standard InChI is InChI=1S/C31H34N4O7S2/c1-20(2)16-34(44(40,41)22-12-13-23-29(15-22)43-19-32-23)17-27(37)24(14-21-8-4-3-5-9-21)33-30(38)28-18-35(31(39)42-28)25-10-6-7-11-26(25)36/h3-13,15,19-20,24,27-28,36-37H,14,16-18H2,1-2H3,(H,33,38)/t24-,27+,28-/m0/s1. The van der Waals surface area contributed by atoms with E-state index in [2.05, 4.69) is 10.3 Å². The molecule has 1 saturated heterocycles. The largest absolute Gasteiger partial charge is 0.506 e. The number of carbonyl (C=O) groups is 2. The van der Waals surface area contributed by atoms with E-state index < -0.39 is 40.3 Å². The zero-order chi connectivity index (χ0) is 31.4. The normalized spacial score (nSPS) is 16.8. The third-order valence-corrected chi connectivity index (χ3v) is 9.89. The average molecular weight is 639 g/mol. The minimum absolute atomic E-state index is 0.0513. The molecule has 3 N–H and O–H groups in total. The predicted octanol–water partition coefficient (Wildman–Crippen LogP) is 3.76. The number of ether oxygens (including phenoxy) is 1. The highest BCUT2D eigenvalue weighted by atomic mass is 32.2. The second-order valence-electron chi connectivity index (χ2n) is 11.0. The van der Waals surface area contributed by atoms with Crippen LogP contribution in [0.5, 0.6) is 5.75 Å². The molecule has 1 fully saturated rings. The lowest BCUT2D eigenvalue weighted by molar-refractivity contribution is -0.129. The highest BCUT2D eigenvalue weighted by Gasteiger charge is 2.40. The summed E-state index contributed by atoms with van der Waals surface area (Å²) in [7, 11) is -4.02.